The number of thioether (sulfide) groups is 1. The summed E-state index contributed by atoms with van der Waals surface area (Å²) in [5, 5.41) is 6.04. The fraction of sp³-hybridized carbons (Fsp3) is 0.176. The molecular weight excluding hydrogens is 376 g/mol. The predicted molar refractivity (Wildman–Crippen MR) is 105 cm³/mol. The number of methoxy groups -OCH3 is 2. The van der Waals surface area contributed by atoms with Crippen molar-refractivity contribution in [3.05, 3.63) is 40.6 Å². The van der Waals surface area contributed by atoms with Crippen LogP contribution in [-0.4, -0.2) is 31.4 Å². The van der Waals surface area contributed by atoms with Crippen molar-refractivity contribution in [3.63, 3.8) is 0 Å². The molecule has 3 rings (SSSR count). The summed E-state index contributed by atoms with van der Waals surface area (Å²) in [5.41, 5.74) is 2.70. The Balaban J connectivity index is 1.86. The molecule has 25 heavy (non-hydrogen) atoms. The first-order valence-electron chi connectivity index (χ1n) is 7.27. The van der Waals surface area contributed by atoms with Crippen molar-refractivity contribution in [2.24, 2.45) is 0 Å². The predicted octanol–water partition coefficient (Wildman–Crippen LogP) is 5.13. The van der Waals surface area contributed by atoms with Gasteiger partial charge in [0.05, 0.1) is 24.1 Å². The lowest BCUT2D eigenvalue weighted by atomic mass is 10.2. The number of thiazole rings is 1. The zero-order valence-electron chi connectivity index (χ0n) is 13.9. The van der Waals surface area contributed by atoms with Crippen molar-refractivity contribution in [1.82, 2.24) is 4.98 Å². The van der Waals surface area contributed by atoms with Gasteiger partial charge in [0.1, 0.15) is 10.6 Å². The van der Waals surface area contributed by atoms with Crippen LogP contribution < -0.4 is 10.1 Å². The Morgan fingerprint density at radius 2 is 2.12 bits per heavy atom. The van der Waals surface area contributed by atoms with Crippen molar-refractivity contribution in [3.8, 4) is 17.0 Å². The van der Waals surface area contributed by atoms with Gasteiger partial charge in [0.2, 0.25) is 0 Å². The molecular formula is C17H16N2O3S3. The van der Waals surface area contributed by atoms with Gasteiger partial charge in [-0.2, -0.15) is 0 Å². The molecule has 0 saturated heterocycles. The molecule has 0 fully saturated rings. The molecule has 130 valence electrons. The highest BCUT2D eigenvalue weighted by Gasteiger charge is 2.18. The summed E-state index contributed by atoms with van der Waals surface area (Å²) < 4.78 is 11.1. The van der Waals surface area contributed by atoms with E-state index < -0.39 is 0 Å². The number of nitrogens with one attached hydrogen (secondary N) is 1. The van der Waals surface area contributed by atoms with E-state index in [0.717, 1.165) is 32.0 Å². The van der Waals surface area contributed by atoms with Gasteiger partial charge in [-0.05, 0) is 24.5 Å². The first kappa shape index (κ1) is 17.8. The molecule has 1 aromatic carbocycles. The molecule has 0 saturated carbocycles. The number of anilines is 2. The molecule has 0 bridgehead atoms. The quantitative estimate of drug-likeness (QED) is 0.463. The number of esters is 1. The van der Waals surface area contributed by atoms with E-state index in [-0.39, 0.29) is 5.97 Å². The number of hydrogen-bond acceptors (Lipinski definition) is 8. The van der Waals surface area contributed by atoms with E-state index in [1.165, 1.54) is 29.8 Å². The maximum atomic E-state index is 11.8. The third-order valence-corrected chi connectivity index (χ3v) is 6.38. The average molecular weight is 393 g/mol. The second-order valence-electron chi connectivity index (χ2n) is 4.90. The lowest BCUT2D eigenvalue weighted by molar-refractivity contribution is 0.0606. The first-order valence-corrected chi connectivity index (χ1v) is 10.2. The van der Waals surface area contributed by atoms with E-state index in [2.05, 4.69) is 10.3 Å². The molecule has 5 nitrogen and oxygen atoms in total. The number of benzene rings is 1. The van der Waals surface area contributed by atoms with E-state index in [1.807, 2.05) is 42.0 Å². The Hall–Kier alpha value is -2.03. The van der Waals surface area contributed by atoms with Crippen molar-refractivity contribution < 1.29 is 14.3 Å². The monoisotopic (exact) mass is 392 g/mol. The van der Waals surface area contributed by atoms with Crippen LogP contribution in [0.2, 0.25) is 0 Å². The zero-order valence-corrected chi connectivity index (χ0v) is 16.3. The number of carbonyl (C=O) groups is 1. The molecule has 0 aliphatic heterocycles. The van der Waals surface area contributed by atoms with E-state index >= 15 is 0 Å². The van der Waals surface area contributed by atoms with Gasteiger partial charge >= 0.3 is 5.97 Å². The summed E-state index contributed by atoms with van der Waals surface area (Å²) in [7, 11) is 3.03. The van der Waals surface area contributed by atoms with E-state index in [9.17, 15) is 4.79 Å². The van der Waals surface area contributed by atoms with Gasteiger partial charge in [0.25, 0.3) is 0 Å². The molecule has 0 aliphatic rings. The van der Waals surface area contributed by atoms with E-state index in [1.54, 1.807) is 18.9 Å². The van der Waals surface area contributed by atoms with Crippen molar-refractivity contribution in [2.45, 2.75) is 4.21 Å². The van der Waals surface area contributed by atoms with Gasteiger partial charge in [-0.25, -0.2) is 9.78 Å². The van der Waals surface area contributed by atoms with Gasteiger partial charge in [0, 0.05) is 22.7 Å². The summed E-state index contributed by atoms with van der Waals surface area (Å²) in [5.74, 6) is 0.462. The molecule has 0 radical (unpaired) electrons. The van der Waals surface area contributed by atoms with Crippen LogP contribution in [0.1, 0.15) is 9.67 Å². The molecule has 0 aliphatic carbocycles. The number of thiophene rings is 1. The topological polar surface area (TPSA) is 60.5 Å². The highest BCUT2D eigenvalue weighted by Crippen LogP contribution is 2.39. The maximum Gasteiger partial charge on any atom is 0.348 e. The Kier molecular flexibility index (Phi) is 5.62. The lowest BCUT2D eigenvalue weighted by Crippen LogP contribution is -1.96. The average Bonchev–Trinajstić information content (AvgIpc) is 3.27. The smallest absolute Gasteiger partial charge is 0.348 e. The van der Waals surface area contributed by atoms with Crippen molar-refractivity contribution >= 4 is 51.2 Å². The molecule has 0 unspecified atom stereocenters. The molecule has 0 amide bonds. The Bertz CT molecular complexity index is 889. The lowest BCUT2D eigenvalue weighted by Gasteiger charge is -2.04. The van der Waals surface area contributed by atoms with Crippen LogP contribution in [0, 0.1) is 0 Å². The second-order valence-corrected chi connectivity index (χ2v) is 7.89. The molecule has 1 N–H and O–H groups in total. The van der Waals surface area contributed by atoms with E-state index in [4.69, 9.17) is 9.47 Å². The van der Waals surface area contributed by atoms with Crippen LogP contribution in [0.3, 0.4) is 0 Å². The molecule has 2 aromatic heterocycles. The Morgan fingerprint density at radius 3 is 2.84 bits per heavy atom. The second kappa shape index (κ2) is 7.90. The van der Waals surface area contributed by atoms with Gasteiger partial charge in [-0.15, -0.1) is 34.4 Å². The van der Waals surface area contributed by atoms with Gasteiger partial charge in [-0.3, -0.25) is 0 Å². The highest BCUT2D eigenvalue weighted by atomic mass is 32.2. The molecule has 3 aromatic rings. The molecule has 0 spiro atoms. The maximum absolute atomic E-state index is 11.8. The largest absolute Gasteiger partial charge is 0.497 e. The van der Waals surface area contributed by atoms with Gasteiger partial charge < -0.3 is 14.8 Å². The number of hydrogen-bond donors (Lipinski definition) is 1. The summed E-state index contributed by atoms with van der Waals surface area (Å²) in [6.45, 7) is 0. The van der Waals surface area contributed by atoms with Gasteiger partial charge in [0.15, 0.2) is 5.13 Å². The number of ether oxygens (including phenoxy) is 2. The molecule has 2 heterocycles. The fourth-order valence-electron chi connectivity index (χ4n) is 2.18. The fourth-order valence-corrected chi connectivity index (χ4v) is 4.72. The minimum atomic E-state index is -0.323. The summed E-state index contributed by atoms with van der Waals surface area (Å²) >= 11 is 4.53. The van der Waals surface area contributed by atoms with E-state index in [0.29, 0.717) is 4.88 Å². The SMILES string of the molecule is COC(=O)c1cc(-c2csc(Nc3cccc(OC)c3)n2)c(SC)s1. The summed E-state index contributed by atoms with van der Waals surface area (Å²) in [6.07, 6.45) is 1.98. The van der Waals surface area contributed by atoms with Crippen molar-refractivity contribution in [1.29, 1.82) is 0 Å². The first-order chi connectivity index (χ1) is 12.1. The molecule has 0 atom stereocenters. The van der Waals surface area contributed by atoms with Crippen LogP contribution in [0.25, 0.3) is 11.3 Å². The Labute approximate surface area is 158 Å². The number of aromatic nitrogens is 1. The minimum absolute atomic E-state index is 0.323. The third kappa shape index (κ3) is 3.97. The zero-order chi connectivity index (χ0) is 17.8. The third-order valence-electron chi connectivity index (χ3n) is 3.37. The van der Waals surface area contributed by atoms with Gasteiger partial charge in [-0.1, -0.05) is 6.07 Å². The number of carbonyl (C=O) groups excluding carboxylic acids is 1. The van der Waals surface area contributed by atoms with Crippen LogP contribution in [-0.2, 0) is 4.74 Å². The standard InChI is InChI=1S/C17H16N2O3S3/c1-21-11-6-4-5-10(7-11)18-17-19-13(9-24-17)12-8-14(15(20)22-2)25-16(12)23-3/h4-9H,1-3H3,(H,18,19). The number of rotatable bonds is 6. The van der Waals surface area contributed by atoms with Crippen LogP contribution in [0.15, 0.2) is 39.9 Å². The minimum Gasteiger partial charge on any atom is -0.497 e. The Morgan fingerprint density at radius 1 is 1.28 bits per heavy atom. The van der Waals surface area contributed by atoms with Crippen LogP contribution in [0.4, 0.5) is 10.8 Å². The molecule has 8 heteroatoms. The van der Waals surface area contributed by atoms with Crippen LogP contribution >= 0.6 is 34.4 Å². The van der Waals surface area contributed by atoms with Crippen LogP contribution in [0.5, 0.6) is 5.75 Å². The number of nitrogens with zero attached hydrogens (tertiary/aromatic N) is 1. The highest BCUT2D eigenvalue weighted by molar-refractivity contribution is 8.00. The summed E-state index contributed by atoms with van der Waals surface area (Å²) in [4.78, 5) is 17.0. The van der Waals surface area contributed by atoms with Crippen molar-refractivity contribution in [2.75, 3.05) is 25.8 Å². The normalized spacial score (nSPS) is 10.5. The summed E-state index contributed by atoms with van der Waals surface area (Å²) in [6, 6.07) is 9.52.